The van der Waals surface area contributed by atoms with Gasteiger partial charge in [0.2, 0.25) is 0 Å². The first kappa shape index (κ1) is 39.0. The lowest BCUT2D eigenvalue weighted by molar-refractivity contribution is 0.0142. The molecule has 4 aliphatic heterocycles. The summed E-state index contributed by atoms with van der Waals surface area (Å²) in [4.78, 5) is 50.1. The summed E-state index contributed by atoms with van der Waals surface area (Å²) in [5.74, 6) is 4.89. The quantitative estimate of drug-likeness (QED) is 0.311. The highest BCUT2D eigenvalue weighted by Crippen LogP contribution is 2.35. The van der Waals surface area contributed by atoms with Crippen molar-refractivity contribution in [3.63, 3.8) is 0 Å². The van der Waals surface area contributed by atoms with Crippen LogP contribution in [-0.4, -0.2) is 105 Å². The summed E-state index contributed by atoms with van der Waals surface area (Å²) >= 11 is 3.33. The third-order valence-electron chi connectivity index (χ3n) is 10.6. The molecule has 2 aromatic heterocycles. The fourth-order valence-corrected chi connectivity index (χ4v) is 8.09. The Hall–Kier alpha value is -3.22. The highest BCUT2D eigenvalue weighted by molar-refractivity contribution is 9.10. The Morgan fingerprint density at radius 2 is 0.961 bits per heavy atom. The van der Waals surface area contributed by atoms with E-state index in [1.165, 1.54) is 25.7 Å². The fraction of sp³-hybridized carbons (Fsp3) is 0.737. The molecule has 0 spiro atoms. The van der Waals surface area contributed by atoms with Crippen LogP contribution in [0.1, 0.15) is 92.9 Å². The van der Waals surface area contributed by atoms with E-state index in [-0.39, 0.29) is 12.2 Å². The van der Waals surface area contributed by atoms with Crippen LogP contribution in [0.5, 0.6) is 0 Å². The number of hydrogen-bond donors (Lipinski definition) is 0. The number of likely N-dealkylation sites (tertiary alicyclic amines) is 2. The summed E-state index contributed by atoms with van der Waals surface area (Å²) in [5.41, 5.74) is -0.836. The van der Waals surface area contributed by atoms with E-state index in [1.807, 2.05) is 63.7 Å². The van der Waals surface area contributed by atoms with Gasteiger partial charge in [0.1, 0.15) is 27.4 Å². The summed E-state index contributed by atoms with van der Waals surface area (Å²) in [7, 11) is 0. The predicted molar refractivity (Wildman–Crippen MR) is 203 cm³/mol. The van der Waals surface area contributed by atoms with Crippen molar-refractivity contribution in [1.29, 1.82) is 0 Å². The molecule has 0 aliphatic carbocycles. The Labute approximate surface area is 313 Å². The van der Waals surface area contributed by atoms with Crippen LogP contribution in [0.4, 0.5) is 21.2 Å². The maximum Gasteiger partial charge on any atom is 0.410 e. The van der Waals surface area contributed by atoms with Crippen LogP contribution < -0.4 is 9.80 Å². The lowest BCUT2D eigenvalue weighted by Crippen LogP contribution is -2.44. The first-order valence-electron chi connectivity index (χ1n) is 18.9. The molecule has 4 aliphatic rings. The van der Waals surface area contributed by atoms with E-state index in [9.17, 15) is 9.59 Å². The number of piperidine rings is 4. The zero-order valence-corrected chi connectivity index (χ0v) is 33.2. The largest absolute Gasteiger partial charge is 0.444 e. The average molecular weight is 772 g/mol. The number of aromatic nitrogens is 4. The van der Waals surface area contributed by atoms with Crippen molar-refractivity contribution in [2.75, 3.05) is 62.2 Å². The van der Waals surface area contributed by atoms with Crippen molar-refractivity contribution in [3.8, 4) is 0 Å². The molecule has 0 atom stereocenters. The molecular weight excluding hydrogens is 712 g/mol. The number of carbonyl (C=O) groups excluding carboxylic acids is 2. The molecule has 6 rings (SSSR count). The first-order chi connectivity index (χ1) is 24.2. The normalized spacial score (nSPS) is 20.5. The average Bonchev–Trinajstić information content (AvgIpc) is 3.11. The second-order valence-electron chi connectivity index (χ2n) is 16.5. The molecule has 282 valence electrons. The molecule has 13 heteroatoms. The molecule has 4 saturated heterocycles. The number of halogens is 1. The van der Waals surface area contributed by atoms with E-state index in [2.05, 4.69) is 45.7 Å². The van der Waals surface area contributed by atoms with Gasteiger partial charge >= 0.3 is 12.2 Å². The Morgan fingerprint density at radius 1 is 0.569 bits per heavy atom. The highest BCUT2D eigenvalue weighted by Gasteiger charge is 2.34. The Kier molecular flexibility index (Phi) is 13.4. The number of nitrogens with zero attached hydrogens (tertiary/aromatic N) is 8. The molecule has 0 saturated carbocycles. The molecule has 2 aromatic rings. The van der Waals surface area contributed by atoms with Gasteiger partial charge in [0.05, 0.1) is 18.6 Å². The van der Waals surface area contributed by atoms with E-state index < -0.39 is 11.2 Å². The van der Waals surface area contributed by atoms with Crippen LogP contribution in [0, 0.1) is 23.7 Å². The first-order valence-corrected chi connectivity index (χ1v) is 19.7. The molecular formula is C38H59BrN8O4. The van der Waals surface area contributed by atoms with Gasteiger partial charge in [0, 0.05) is 64.8 Å². The van der Waals surface area contributed by atoms with Crippen molar-refractivity contribution in [2.24, 2.45) is 23.7 Å². The zero-order valence-electron chi connectivity index (χ0n) is 31.6. The predicted octanol–water partition coefficient (Wildman–Crippen LogP) is 7.44. The van der Waals surface area contributed by atoms with Crippen molar-refractivity contribution >= 4 is 39.8 Å². The van der Waals surface area contributed by atoms with Crippen molar-refractivity contribution in [1.82, 2.24) is 29.7 Å². The van der Waals surface area contributed by atoms with Crippen LogP contribution in [-0.2, 0) is 9.47 Å². The number of rotatable bonds is 4. The number of carbonyl (C=O) groups is 2. The summed E-state index contributed by atoms with van der Waals surface area (Å²) < 4.78 is 11.8. The van der Waals surface area contributed by atoms with Crippen LogP contribution in [0.25, 0.3) is 0 Å². The van der Waals surface area contributed by atoms with Crippen LogP contribution in [0.2, 0.25) is 0 Å². The molecule has 6 heterocycles. The molecule has 51 heavy (non-hydrogen) atoms. The fourth-order valence-electron chi connectivity index (χ4n) is 7.88. The van der Waals surface area contributed by atoms with Crippen LogP contribution >= 0.6 is 15.9 Å². The molecule has 2 amide bonds. The third-order valence-corrected chi connectivity index (χ3v) is 11.0. The molecule has 0 bridgehead atoms. The van der Waals surface area contributed by atoms with Gasteiger partial charge in [-0.3, -0.25) is 4.98 Å². The van der Waals surface area contributed by atoms with Gasteiger partial charge in [-0.25, -0.2) is 24.5 Å². The second-order valence-corrected chi connectivity index (χ2v) is 17.3. The Morgan fingerprint density at radius 3 is 1.29 bits per heavy atom. The molecule has 0 N–H and O–H groups in total. The summed E-state index contributed by atoms with van der Waals surface area (Å²) in [5, 5.41) is 0. The van der Waals surface area contributed by atoms with E-state index in [0.717, 1.165) is 112 Å². The number of anilines is 2. The Bertz CT molecular complexity index is 1370. The molecule has 4 fully saturated rings. The summed E-state index contributed by atoms with van der Waals surface area (Å²) in [6, 6.07) is 0. The van der Waals surface area contributed by atoms with Crippen molar-refractivity contribution in [2.45, 2.75) is 104 Å². The van der Waals surface area contributed by atoms with Gasteiger partial charge in [0.25, 0.3) is 0 Å². The minimum Gasteiger partial charge on any atom is -0.444 e. The van der Waals surface area contributed by atoms with Crippen LogP contribution in [0.15, 0.2) is 35.6 Å². The molecule has 0 aromatic carbocycles. The van der Waals surface area contributed by atoms with E-state index >= 15 is 0 Å². The van der Waals surface area contributed by atoms with Crippen molar-refractivity contribution in [3.05, 3.63) is 35.6 Å². The molecule has 12 nitrogen and oxygen atoms in total. The van der Waals surface area contributed by atoms with Gasteiger partial charge in [-0.2, -0.15) is 0 Å². The van der Waals surface area contributed by atoms with Gasteiger partial charge in [-0.1, -0.05) is 0 Å². The Balaban J connectivity index is 0.000000198. The summed E-state index contributed by atoms with van der Waals surface area (Å²) in [6.45, 7) is 19.0. The van der Waals surface area contributed by atoms with Gasteiger partial charge < -0.3 is 29.1 Å². The van der Waals surface area contributed by atoms with Gasteiger partial charge in [-0.05, 0) is 133 Å². The summed E-state index contributed by atoms with van der Waals surface area (Å²) in [6.07, 6.45) is 17.7. The lowest BCUT2D eigenvalue weighted by atomic mass is 9.79. The number of hydrogen-bond acceptors (Lipinski definition) is 10. The SMILES string of the molecule is CC(C)(C)OC(=O)N1CCC(C2CCN(c3cnc(Br)cn3)CC2)CC1.CC(C)(C)OC(=O)N1CCC(C2CCN(c3cnccn3)CC2)CC1. The maximum absolute atomic E-state index is 12.2. The van der Waals surface area contributed by atoms with Gasteiger partial charge in [0.15, 0.2) is 0 Å². The minimum atomic E-state index is -0.420. The zero-order chi connectivity index (χ0) is 36.6. The van der Waals surface area contributed by atoms with Crippen molar-refractivity contribution < 1.29 is 19.1 Å². The second kappa shape index (κ2) is 17.5. The van der Waals surface area contributed by atoms with E-state index in [0.29, 0.717) is 5.92 Å². The standard InChI is InChI=1S/C19H29BrN4O2.C19H30N4O2/c1-19(2,3)26-18(25)24-10-6-15(7-11-24)14-4-8-23(9-5-14)17-13-21-16(20)12-22-17;1-19(2,3)25-18(24)23-12-6-16(7-13-23)15-4-10-22(11-5-15)17-14-20-8-9-21-17/h12-15H,4-11H2,1-3H3;8-9,14-16H,4-7,10-13H2,1-3H3. The third kappa shape index (κ3) is 11.9. The monoisotopic (exact) mass is 770 g/mol. The highest BCUT2D eigenvalue weighted by atomic mass is 79.9. The molecule has 0 radical (unpaired) electrons. The smallest absolute Gasteiger partial charge is 0.410 e. The van der Waals surface area contributed by atoms with Gasteiger partial charge in [-0.15, -0.1) is 0 Å². The number of ether oxygens (including phenoxy) is 2. The maximum atomic E-state index is 12.2. The van der Waals surface area contributed by atoms with E-state index in [1.54, 1.807) is 18.6 Å². The number of amides is 2. The minimum absolute atomic E-state index is 0.163. The van der Waals surface area contributed by atoms with Crippen LogP contribution in [0.3, 0.4) is 0 Å². The topological polar surface area (TPSA) is 117 Å². The van der Waals surface area contributed by atoms with E-state index in [4.69, 9.17) is 9.47 Å². The lowest BCUT2D eigenvalue weighted by Gasteiger charge is -2.40. The molecule has 0 unspecified atom stereocenters.